The summed E-state index contributed by atoms with van der Waals surface area (Å²) in [7, 11) is 0. The molecule has 0 saturated carbocycles. The summed E-state index contributed by atoms with van der Waals surface area (Å²) >= 11 is 0. The molecule has 6 heteroatoms. The van der Waals surface area contributed by atoms with E-state index in [1.165, 1.54) is 24.3 Å². The van der Waals surface area contributed by atoms with Gasteiger partial charge in [-0.2, -0.15) is 10.5 Å². The summed E-state index contributed by atoms with van der Waals surface area (Å²) in [5.74, 6) is -0.0478. The predicted molar refractivity (Wildman–Crippen MR) is 82.3 cm³/mol. The van der Waals surface area contributed by atoms with E-state index in [4.69, 9.17) is 5.73 Å². The molecule has 110 valence electrons. The zero-order chi connectivity index (χ0) is 16.1. The molecule has 1 aromatic heterocycles. The van der Waals surface area contributed by atoms with Gasteiger partial charge in [0.05, 0.1) is 11.4 Å². The van der Waals surface area contributed by atoms with Gasteiger partial charge in [-0.25, -0.2) is 9.37 Å². The van der Waals surface area contributed by atoms with Gasteiger partial charge in [0.15, 0.2) is 0 Å². The first-order chi connectivity index (χ1) is 10.6. The first-order valence-corrected chi connectivity index (χ1v) is 6.75. The fourth-order valence-corrected chi connectivity index (χ4v) is 2.02. The summed E-state index contributed by atoms with van der Waals surface area (Å²) in [5, 5.41) is 21.6. The maximum Gasteiger partial charge on any atom is 0.146 e. The molecule has 0 atom stereocenters. The normalized spacial score (nSPS) is 9.82. The van der Waals surface area contributed by atoms with Crippen LogP contribution in [0.25, 0.3) is 11.3 Å². The van der Waals surface area contributed by atoms with Gasteiger partial charge in [-0.3, -0.25) is 0 Å². The summed E-state index contributed by atoms with van der Waals surface area (Å²) < 4.78 is 13.1. The Hall–Kier alpha value is -3.12. The van der Waals surface area contributed by atoms with Crippen molar-refractivity contribution in [2.45, 2.75) is 13.3 Å². The second-order valence-electron chi connectivity index (χ2n) is 4.63. The molecule has 0 radical (unpaired) electrons. The lowest BCUT2D eigenvalue weighted by Crippen LogP contribution is -2.09. The molecule has 0 aliphatic heterocycles. The SMILES string of the molecule is CCCNc1nc(-c2ccc(F)cc2)c(C#N)c(N)c1C#N. The van der Waals surface area contributed by atoms with Crippen molar-refractivity contribution < 1.29 is 4.39 Å². The molecule has 2 rings (SSSR count). The third-order valence-corrected chi connectivity index (χ3v) is 3.12. The average Bonchev–Trinajstić information content (AvgIpc) is 2.53. The number of anilines is 2. The molecular formula is C16H14FN5. The van der Waals surface area contributed by atoms with Crippen molar-refractivity contribution in [3.63, 3.8) is 0 Å². The number of halogens is 1. The number of hydrogen-bond donors (Lipinski definition) is 2. The van der Waals surface area contributed by atoms with Gasteiger partial charge < -0.3 is 11.1 Å². The molecule has 5 nitrogen and oxygen atoms in total. The van der Waals surface area contributed by atoms with Crippen molar-refractivity contribution in [3.05, 3.63) is 41.2 Å². The number of rotatable bonds is 4. The highest BCUT2D eigenvalue weighted by Gasteiger charge is 2.18. The van der Waals surface area contributed by atoms with Crippen LogP contribution in [0.3, 0.4) is 0 Å². The molecule has 22 heavy (non-hydrogen) atoms. The summed E-state index contributed by atoms with van der Waals surface area (Å²) in [4.78, 5) is 4.35. The van der Waals surface area contributed by atoms with E-state index in [2.05, 4.69) is 10.3 Å². The van der Waals surface area contributed by atoms with Crippen LogP contribution in [-0.4, -0.2) is 11.5 Å². The smallest absolute Gasteiger partial charge is 0.146 e. The Bertz CT molecular complexity index is 769. The molecule has 2 aromatic rings. The first-order valence-electron chi connectivity index (χ1n) is 6.75. The van der Waals surface area contributed by atoms with Crippen molar-refractivity contribution in [2.24, 2.45) is 0 Å². The van der Waals surface area contributed by atoms with Gasteiger partial charge >= 0.3 is 0 Å². The lowest BCUT2D eigenvalue weighted by molar-refractivity contribution is 0.628. The summed E-state index contributed by atoms with van der Waals surface area (Å²) in [6.45, 7) is 2.60. The van der Waals surface area contributed by atoms with Gasteiger partial charge in [0.1, 0.15) is 34.9 Å². The number of benzene rings is 1. The number of nitriles is 2. The number of aromatic nitrogens is 1. The van der Waals surface area contributed by atoms with E-state index in [1.807, 2.05) is 19.1 Å². The van der Waals surface area contributed by atoms with Gasteiger partial charge in [-0.05, 0) is 30.7 Å². The van der Waals surface area contributed by atoms with Crippen LogP contribution >= 0.6 is 0 Å². The third-order valence-electron chi connectivity index (χ3n) is 3.12. The number of pyridine rings is 1. The van der Waals surface area contributed by atoms with Crippen LogP contribution in [0.15, 0.2) is 24.3 Å². The summed E-state index contributed by atoms with van der Waals surface area (Å²) in [5.41, 5.74) is 7.19. The number of nitrogens with zero attached hydrogens (tertiary/aromatic N) is 3. The Morgan fingerprint density at radius 1 is 1.18 bits per heavy atom. The van der Waals surface area contributed by atoms with Crippen molar-refractivity contribution in [1.29, 1.82) is 10.5 Å². The molecule has 0 spiro atoms. The molecule has 0 bridgehead atoms. The van der Waals surface area contributed by atoms with E-state index in [0.717, 1.165) is 6.42 Å². The summed E-state index contributed by atoms with van der Waals surface area (Å²) in [6, 6.07) is 9.56. The van der Waals surface area contributed by atoms with E-state index in [0.29, 0.717) is 23.6 Å². The highest BCUT2D eigenvalue weighted by Crippen LogP contribution is 2.31. The first kappa shape index (κ1) is 15.3. The van der Waals surface area contributed by atoms with Gasteiger partial charge in [-0.15, -0.1) is 0 Å². The van der Waals surface area contributed by atoms with Crippen molar-refractivity contribution in [1.82, 2.24) is 4.98 Å². The van der Waals surface area contributed by atoms with Crippen LogP contribution < -0.4 is 11.1 Å². The van der Waals surface area contributed by atoms with E-state index >= 15 is 0 Å². The molecular weight excluding hydrogens is 281 g/mol. The number of hydrogen-bond acceptors (Lipinski definition) is 5. The number of nitrogen functional groups attached to an aromatic ring is 1. The van der Waals surface area contributed by atoms with E-state index in [-0.39, 0.29) is 22.6 Å². The maximum absolute atomic E-state index is 13.1. The Labute approximate surface area is 127 Å². The predicted octanol–water partition coefficient (Wildman–Crippen LogP) is 3.04. The van der Waals surface area contributed by atoms with Crippen LogP contribution in [0.2, 0.25) is 0 Å². The van der Waals surface area contributed by atoms with E-state index in [1.54, 1.807) is 0 Å². The van der Waals surface area contributed by atoms with Gasteiger partial charge in [0, 0.05) is 12.1 Å². The lowest BCUT2D eigenvalue weighted by Gasteiger charge is -2.13. The highest BCUT2D eigenvalue weighted by molar-refractivity contribution is 5.81. The minimum absolute atomic E-state index is 0.0814. The van der Waals surface area contributed by atoms with Gasteiger partial charge in [0.2, 0.25) is 0 Å². The molecule has 0 unspecified atom stereocenters. The topological polar surface area (TPSA) is 98.5 Å². The van der Waals surface area contributed by atoms with Crippen LogP contribution in [0.5, 0.6) is 0 Å². The zero-order valence-electron chi connectivity index (χ0n) is 12.0. The molecule has 1 heterocycles. The van der Waals surface area contributed by atoms with Crippen LogP contribution in [-0.2, 0) is 0 Å². The standard InChI is InChI=1S/C16H14FN5/c1-2-7-21-16-13(9-19)14(20)12(8-18)15(22-16)10-3-5-11(17)6-4-10/h3-6H,2,7H2,1H3,(H3,20,21,22). The quantitative estimate of drug-likeness (QED) is 0.903. The maximum atomic E-state index is 13.1. The zero-order valence-corrected chi connectivity index (χ0v) is 12.0. The third kappa shape index (κ3) is 2.82. The Kier molecular flexibility index (Phi) is 4.55. The van der Waals surface area contributed by atoms with Gasteiger partial charge in [-0.1, -0.05) is 6.92 Å². The second kappa shape index (κ2) is 6.55. The summed E-state index contributed by atoms with van der Waals surface area (Å²) in [6.07, 6.45) is 0.846. The Morgan fingerprint density at radius 3 is 2.36 bits per heavy atom. The minimum atomic E-state index is -0.381. The van der Waals surface area contributed by atoms with E-state index in [9.17, 15) is 14.9 Å². The fraction of sp³-hybridized carbons (Fsp3) is 0.188. The molecule has 0 saturated heterocycles. The van der Waals surface area contributed by atoms with Crippen LogP contribution in [0, 0.1) is 28.5 Å². The van der Waals surface area contributed by atoms with Gasteiger partial charge in [0.25, 0.3) is 0 Å². The van der Waals surface area contributed by atoms with Crippen molar-refractivity contribution in [3.8, 4) is 23.4 Å². The van der Waals surface area contributed by atoms with Crippen molar-refractivity contribution >= 4 is 11.5 Å². The molecule has 0 fully saturated rings. The molecule has 0 amide bonds. The molecule has 3 N–H and O–H groups in total. The average molecular weight is 295 g/mol. The fourth-order valence-electron chi connectivity index (χ4n) is 2.02. The molecule has 0 aliphatic rings. The highest BCUT2D eigenvalue weighted by atomic mass is 19.1. The van der Waals surface area contributed by atoms with Crippen molar-refractivity contribution in [2.75, 3.05) is 17.6 Å². The second-order valence-corrected chi connectivity index (χ2v) is 4.63. The van der Waals surface area contributed by atoms with E-state index < -0.39 is 0 Å². The molecule has 1 aromatic carbocycles. The largest absolute Gasteiger partial charge is 0.396 e. The molecule has 0 aliphatic carbocycles. The number of nitrogens with one attached hydrogen (secondary N) is 1. The van der Waals surface area contributed by atoms with Crippen LogP contribution in [0.1, 0.15) is 24.5 Å². The minimum Gasteiger partial charge on any atom is -0.396 e. The Morgan fingerprint density at radius 2 is 1.82 bits per heavy atom. The lowest BCUT2D eigenvalue weighted by atomic mass is 10.0. The van der Waals surface area contributed by atoms with Crippen LogP contribution in [0.4, 0.5) is 15.9 Å². The number of nitrogens with two attached hydrogens (primary N) is 1. The monoisotopic (exact) mass is 295 g/mol. The Balaban J connectivity index is 2.67.